The van der Waals surface area contributed by atoms with Crippen molar-refractivity contribution in [1.82, 2.24) is 19.8 Å². The summed E-state index contributed by atoms with van der Waals surface area (Å²) in [4.78, 5) is 16.3. The highest BCUT2D eigenvalue weighted by atomic mass is 32.2. The summed E-state index contributed by atoms with van der Waals surface area (Å²) >= 11 is 0. The second-order valence-corrected chi connectivity index (χ2v) is 8.88. The third-order valence-corrected chi connectivity index (χ3v) is 6.28. The molecule has 1 amide bonds. The number of fused-ring (bicyclic) bond motifs is 1. The fourth-order valence-corrected chi connectivity index (χ4v) is 4.90. The topological polar surface area (TPSA) is 115 Å². The number of hydrogen-bond donors (Lipinski definition) is 1. The summed E-state index contributed by atoms with van der Waals surface area (Å²) in [6, 6.07) is -0.0631. The van der Waals surface area contributed by atoms with E-state index in [1.807, 2.05) is 6.92 Å². The number of ether oxygens (including phenoxy) is 1. The molecule has 0 spiro atoms. The first-order valence-electron chi connectivity index (χ1n) is 8.37. The lowest BCUT2D eigenvalue weighted by Crippen LogP contribution is -2.40. The molecular formula is C15H24N4O5S. The van der Waals surface area contributed by atoms with Crippen molar-refractivity contribution >= 4 is 15.9 Å². The largest absolute Gasteiger partial charge is 0.372 e. The molecule has 3 atom stereocenters. The summed E-state index contributed by atoms with van der Waals surface area (Å²) in [7, 11) is -3.30. The average Bonchev–Trinajstić information content (AvgIpc) is 3.16. The van der Waals surface area contributed by atoms with Crippen LogP contribution < -0.4 is 5.32 Å². The first kappa shape index (κ1) is 18.3. The van der Waals surface area contributed by atoms with Crippen molar-refractivity contribution in [1.29, 1.82) is 0 Å². The van der Waals surface area contributed by atoms with Crippen molar-refractivity contribution in [3.05, 3.63) is 11.7 Å². The van der Waals surface area contributed by atoms with E-state index in [2.05, 4.69) is 15.5 Å². The molecule has 0 radical (unpaired) electrons. The van der Waals surface area contributed by atoms with Crippen molar-refractivity contribution in [2.45, 2.75) is 38.1 Å². The molecule has 1 aromatic heterocycles. The smallest absolute Gasteiger partial charge is 0.246 e. The number of aryl methyl sites for hydroxylation is 1. The molecular weight excluding hydrogens is 348 g/mol. The Labute approximate surface area is 147 Å². The Balaban J connectivity index is 1.80. The van der Waals surface area contributed by atoms with Crippen molar-refractivity contribution in [2.75, 3.05) is 32.6 Å². The van der Waals surface area contributed by atoms with Crippen molar-refractivity contribution < 1.29 is 22.5 Å². The molecule has 1 aromatic rings. The molecule has 2 fully saturated rings. The molecule has 1 aliphatic heterocycles. The molecule has 9 nitrogen and oxygen atoms in total. The van der Waals surface area contributed by atoms with Gasteiger partial charge < -0.3 is 14.6 Å². The first-order valence-corrected chi connectivity index (χ1v) is 10.2. The SMILES string of the molecule is CCOCC(=O)N[C@@H]1CC2CN(S(C)(=O)=O)C[C@@]2(c2nc(C)no2)C1. The zero-order chi connectivity index (χ0) is 18.2. The highest BCUT2D eigenvalue weighted by Crippen LogP contribution is 2.50. The molecule has 3 rings (SSSR count). The predicted octanol–water partition coefficient (Wildman–Crippen LogP) is -0.178. The Kier molecular flexibility index (Phi) is 4.86. The minimum absolute atomic E-state index is 0.0273. The highest BCUT2D eigenvalue weighted by Gasteiger charge is 2.58. The van der Waals surface area contributed by atoms with Crippen LogP contribution in [0.15, 0.2) is 4.52 Å². The lowest BCUT2D eigenvalue weighted by atomic mass is 9.80. The van der Waals surface area contributed by atoms with Crippen LogP contribution in [0.5, 0.6) is 0 Å². The van der Waals surface area contributed by atoms with Gasteiger partial charge in [-0.05, 0) is 32.6 Å². The van der Waals surface area contributed by atoms with Crippen LogP contribution in [0, 0.1) is 12.8 Å². The molecule has 0 bridgehead atoms. The Morgan fingerprint density at radius 3 is 2.88 bits per heavy atom. The maximum atomic E-state index is 12.0. The van der Waals surface area contributed by atoms with E-state index in [-0.39, 0.29) is 24.5 Å². The Hall–Kier alpha value is -1.52. The van der Waals surface area contributed by atoms with Crippen LogP contribution in [-0.4, -0.2) is 67.4 Å². The molecule has 10 heteroatoms. The summed E-state index contributed by atoms with van der Waals surface area (Å²) < 4.78 is 36.0. The maximum absolute atomic E-state index is 12.0. The second-order valence-electron chi connectivity index (χ2n) is 6.90. The standard InChI is InChI=1S/C15H24N4O5S/c1-4-23-8-13(20)17-12-5-11-7-19(25(3,21)22)9-15(11,6-12)14-16-10(2)18-24-14/h11-12H,4-9H2,1-3H3,(H,17,20)/t11?,12-,15+/m1/s1. The van der Waals surface area contributed by atoms with Gasteiger partial charge >= 0.3 is 0 Å². The van der Waals surface area contributed by atoms with Gasteiger partial charge in [0.15, 0.2) is 5.82 Å². The first-order chi connectivity index (χ1) is 11.7. The third-order valence-electron chi connectivity index (χ3n) is 5.07. The number of nitrogens with one attached hydrogen (secondary N) is 1. The summed E-state index contributed by atoms with van der Waals surface area (Å²) in [6.07, 6.45) is 2.46. The summed E-state index contributed by atoms with van der Waals surface area (Å²) in [5.74, 6) is 0.843. The second kappa shape index (κ2) is 6.65. The number of sulfonamides is 1. The Morgan fingerprint density at radius 2 is 2.28 bits per heavy atom. The van der Waals surface area contributed by atoms with Gasteiger partial charge in [-0.3, -0.25) is 4.79 Å². The van der Waals surface area contributed by atoms with Crippen molar-refractivity contribution in [3.8, 4) is 0 Å². The molecule has 140 valence electrons. The third kappa shape index (κ3) is 3.56. The van der Waals surface area contributed by atoms with E-state index in [9.17, 15) is 13.2 Å². The molecule has 1 unspecified atom stereocenters. The average molecular weight is 372 g/mol. The molecule has 25 heavy (non-hydrogen) atoms. The van der Waals surface area contributed by atoms with Gasteiger partial charge in [-0.1, -0.05) is 5.16 Å². The van der Waals surface area contributed by atoms with Gasteiger partial charge in [-0.15, -0.1) is 0 Å². The van der Waals surface area contributed by atoms with Crippen LogP contribution in [0.2, 0.25) is 0 Å². The summed E-state index contributed by atoms with van der Waals surface area (Å²) in [5.41, 5.74) is -0.548. The van der Waals surface area contributed by atoms with E-state index in [0.29, 0.717) is 44.3 Å². The van der Waals surface area contributed by atoms with E-state index in [4.69, 9.17) is 9.26 Å². The number of hydrogen-bond acceptors (Lipinski definition) is 7. The van der Waals surface area contributed by atoms with E-state index in [1.54, 1.807) is 6.92 Å². The fraction of sp³-hybridized carbons (Fsp3) is 0.800. The lowest BCUT2D eigenvalue weighted by molar-refractivity contribution is -0.126. The zero-order valence-electron chi connectivity index (χ0n) is 14.7. The monoisotopic (exact) mass is 372 g/mol. The number of rotatable bonds is 6. The predicted molar refractivity (Wildman–Crippen MR) is 88.3 cm³/mol. The number of amides is 1. The van der Waals surface area contributed by atoms with Crippen LogP contribution >= 0.6 is 0 Å². The van der Waals surface area contributed by atoms with Crippen LogP contribution in [0.25, 0.3) is 0 Å². The summed E-state index contributed by atoms with van der Waals surface area (Å²) in [6.45, 7) is 4.78. The number of aromatic nitrogens is 2. The number of carbonyl (C=O) groups is 1. The minimum atomic E-state index is -3.30. The molecule has 1 saturated heterocycles. The molecule has 1 N–H and O–H groups in total. The van der Waals surface area contributed by atoms with Crippen molar-refractivity contribution in [2.24, 2.45) is 5.92 Å². The van der Waals surface area contributed by atoms with E-state index in [1.165, 1.54) is 10.6 Å². The van der Waals surface area contributed by atoms with Gasteiger partial charge in [0.1, 0.15) is 6.61 Å². The van der Waals surface area contributed by atoms with E-state index < -0.39 is 15.4 Å². The van der Waals surface area contributed by atoms with Crippen molar-refractivity contribution in [3.63, 3.8) is 0 Å². The Morgan fingerprint density at radius 1 is 1.52 bits per heavy atom. The molecule has 2 heterocycles. The van der Waals surface area contributed by atoms with E-state index in [0.717, 1.165) is 0 Å². The maximum Gasteiger partial charge on any atom is 0.246 e. The zero-order valence-corrected chi connectivity index (χ0v) is 15.5. The normalized spacial score (nSPS) is 29.7. The lowest BCUT2D eigenvalue weighted by Gasteiger charge is -2.24. The molecule has 1 saturated carbocycles. The van der Waals surface area contributed by atoms with Gasteiger partial charge in [0.05, 0.1) is 11.7 Å². The van der Waals surface area contributed by atoms with Crippen LogP contribution in [-0.2, 0) is 25.0 Å². The quantitative estimate of drug-likeness (QED) is 0.737. The van der Waals surface area contributed by atoms with Gasteiger partial charge in [0.2, 0.25) is 21.8 Å². The van der Waals surface area contributed by atoms with Gasteiger partial charge in [0, 0.05) is 25.7 Å². The molecule has 0 aromatic carbocycles. The van der Waals surface area contributed by atoms with Crippen LogP contribution in [0.4, 0.5) is 0 Å². The molecule has 2 aliphatic rings. The van der Waals surface area contributed by atoms with Gasteiger partial charge in [0.25, 0.3) is 0 Å². The van der Waals surface area contributed by atoms with Crippen LogP contribution in [0.1, 0.15) is 31.5 Å². The van der Waals surface area contributed by atoms with Crippen LogP contribution in [0.3, 0.4) is 0 Å². The highest BCUT2D eigenvalue weighted by molar-refractivity contribution is 7.88. The fourth-order valence-electron chi connectivity index (χ4n) is 3.98. The summed E-state index contributed by atoms with van der Waals surface area (Å²) in [5, 5.41) is 6.84. The Bertz CT molecular complexity index is 749. The number of carbonyl (C=O) groups excluding carboxylic acids is 1. The number of nitrogens with zero attached hydrogens (tertiary/aromatic N) is 3. The molecule has 1 aliphatic carbocycles. The minimum Gasteiger partial charge on any atom is -0.372 e. The van der Waals surface area contributed by atoms with Gasteiger partial charge in [-0.2, -0.15) is 4.98 Å². The van der Waals surface area contributed by atoms with E-state index >= 15 is 0 Å². The van der Waals surface area contributed by atoms with Gasteiger partial charge in [-0.25, -0.2) is 12.7 Å².